The quantitative estimate of drug-likeness (QED) is 0.659. The van der Waals surface area contributed by atoms with Crippen molar-refractivity contribution in [1.82, 2.24) is 0 Å². The molecular formula is C12H24O2. The van der Waals surface area contributed by atoms with Gasteiger partial charge >= 0.3 is 0 Å². The summed E-state index contributed by atoms with van der Waals surface area (Å²) in [5.41, 5.74) is 0. The molecule has 14 heavy (non-hydrogen) atoms. The summed E-state index contributed by atoms with van der Waals surface area (Å²) in [6, 6.07) is 0. The lowest BCUT2D eigenvalue weighted by molar-refractivity contribution is -0.114. The Kier molecular flexibility index (Phi) is 10.2. The van der Waals surface area contributed by atoms with E-state index in [0.717, 1.165) is 6.42 Å². The van der Waals surface area contributed by atoms with Crippen LogP contribution in [-0.2, 0) is 4.74 Å². The maximum atomic E-state index is 9.19. The minimum absolute atomic E-state index is 0.269. The summed E-state index contributed by atoms with van der Waals surface area (Å²) in [6.45, 7) is 18.3. The third kappa shape index (κ3) is 5.20. The Balaban J connectivity index is 0. The van der Waals surface area contributed by atoms with Crippen molar-refractivity contribution in [1.29, 1.82) is 0 Å². The third-order valence-corrected chi connectivity index (χ3v) is 2.15. The van der Waals surface area contributed by atoms with Crippen molar-refractivity contribution in [3.8, 4) is 0 Å². The van der Waals surface area contributed by atoms with E-state index in [1.54, 1.807) is 0 Å². The molecule has 1 heterocycles. The molecule has 1 aliphatic heterocycles. The molecule has 0 aromatic rings. The molecule has 1 aliphatic rings. The average Bonchev–Trinajstić information content (AvgIpc) is 2.54. The van der Waals surface area contributed by atoms with Crippen molar-refractivity contribution in [3.63, 3.8) is 0 Å². The predicted molar refractivity (Wildman–Crippen MR) is 62.0 cm³/mol. The summed E-state index contributed by atoms with van der Waals surface area (Å²) in [6.07, 6.45) is 0.746. The number of aliphatic hydroxyl groups excluding tert-OH is 1. The molecule has 0 aromatic carbocycles. The van der Waals surface area contributed by atoms with Crippen LogP contribution in [0.4, 0.5) is 0 Å². The van der Waals surface area contributed by atoms with E-state index in [9.17, 15) is 5.11 Å². The highest BCUT2D eigenvalue weighted by molar-refractivity contribution is 4.75. The topological polar surface area (TPSA) is 29.5 Å². The highest BCUT2D eigenvalue weighted by Crippen LogP contribution is 2.28. The van der Waals surface area contributed by atoms with Crippen molar-refractivity contribution >= 4 is 0 Å². The molecule has 0 aliphatic carbocycles. The molecule has 0 spiro atoms. The highest BCUT2D eigenvalue weighted by atomic mass is 16.6. The van der Waals surface area contributed by atoms with E-state index in [2.05, 4.69) is 40.2 Å². The minimum atomic E-state index is -0.521. The van der Waals surface area contributed by atoms with Crippen LogP contribution in [0.3, 0.4) is 0 Å². The van der Waals surface area contributed by atoms with E-state index in [1.807, 2.05) is 6.92 Å². The summed E-state index contributed by atoms with van der Waals surface area (Å²) >= 11 is 0. The number of hydrogen-bond acceptors (Lipinski definition) is 2. The third-order valence-electron chi connectivity index (χ3n) is 2.15. The maximum Gasteiger partial charge on any atom is 0.157 e. The molecule has 0 saturated carbocycles. The smallest absolute Gasteiger partial charge is 0.157 e. The Bertz CT molecular complexity index is 122. The summed E-state index contributed by atoms with van der Waals surface area (Å²) in [5.74, 6) is 0.840. The average molecular weight is 200 g/mol. The van der Waals surface area contributed by atoms with Crippen LogP contribution < -0.4 is 0 Å². The van der Waals surface area contributed by atoms with E-state index >= 15 is 0 Å². The zero-order valence-corrected chi connectivity index (χ0v) is 9.70. The normalized spacial score (nSPS) is 29.9. The molecule has 1 fully saturated rings. The first kappa shape index (κ1) is 15.9. The standard InChI is InChI=1S/C8H16O2.2C2H4/c1-5(2)7-4-6(3)8(9)10-7;2*1-2/h5-9H,4H2,1-3H3;2*1-2H2. The van der Waals surface area contributed by atoms with Gasteiger partial charge in [-0.1, -0.05) is 20.8 Å². The summed E-state index contributed by atoms with van der Waals surface area (Å²) in [5, 5.41) is 9.19. The van der Waals surface area contributed by atoms with Crippen molar-refractivity contribution < 1.29 is 9.84 Å². The van der Waals surface area contributed by atoms with Gasteiger partial charge < -0.3 is 9.84 Å². The fraction of sp³-hybridized carbons (Fsp3) is 0.667. The molecule has 1 saturated heterocycles. The molecule has 3 unspecified atom stereocenters. The summed E-state index contributed by atoms with van der Waals surface area (Å²) < 4.78 is 5.29. The van der Waals surface area contributed by atoms with Gasteiger partial charge in [-0.25, -0.2) is 0 Å². The van der Waals surface area contributed by atoms with Crippen LogP contribution >= 0.6 is 0 Å². The van der Waals surface area contributed by atoms with Crippen LogP contribution in [0.15, 0.2) is 26.3 Å². The number of ether oxygens (including phenoxy) is 1. The van der Waals surface area contributed by atoms with Crippen molar-refractivity contribution in [2.24, 2.45) is 11.8 Å². The van der Waals surface area contributed by atoms with Gasteiger partial charge in [0, 0.05) is 5.92 Å². The Labute approximate surface area is 88.3 Å². The van der Waals surface area contributed by atoms with Crippen molar-refractivity contribution in [2.75, 3.05) is 0 Å². The Morgan fingerprint density at radius 2 is 1.64 bits per heavy atom. The van der Waals surface area contributed by atoms with Gasteiger partial charge in [0.25, 0.3) is 0 Å². The molecule has 84 valence electrons. The van der Waals surface area contributed by atoms with Crippen LogP contribution in [0.1, 0.15) is 27.2 Å². The number of rotatable bonds is 1. The van der Waals surface area contributed by atoms with E-state index in [0.29, 0.717) is 11.8 Å². The van der Waals surface area contributed by atoms with Gasteiger partial charge in [-0.3, -0.25) is 0 Å². The predicted octanol–water partition coefficient (Wildman–Crippen LogP) is 2.99. The maximum absolute atomic E-state index is 9.19. The molecular weight excluding hydrogens is 176 g/mol. The van der Waals surface area contributed by atoms with Crippen LogP contribution in [0.25, 0.3) is 0 Å². The van der Waals surface area contributed by atoms with Gasteiger partial charge in [0.1, 0.15) is 0 Å². The van der Waals surface area contributed by atoms with Gasteiger partial charge in [0.05, 0.1) is 6.10 Å². The van der Waals surface area contributed by atoms with Gasteiger partial charge in [-0.2, -0.15) is 0 Å². The van der Waals surface area contributed by atoms with Crippen LogP contribution in [0, 0.1) is 11.8 Å². The van der Waals surface area contributed by atoms with E-state index in [-0.39, 0.29) is 6.10 Å². The van der Waals surface area contributed by atoms with E-state index < -0.39 is 6.29 Å². The Morgan fingerprint density at radius 1 is 1.21 bits per heavy atom. The van der Waals surface area contributed by atoms with Crippen molar-refractivity contribution in [3.05, 3.63) is 26.3 Å². The molecule has 3 atom stereocenters. The lowest BCUT2D eigenvalue weighted by Crippen LogP contribution is -2.16. The van der Waals surface area contributed by atoms with Crippen molar-refractivity contribution in [2.45, 2.75) is 39.6 Å². The zero-order chi connectivity index (χ0) is 11.7. The minimum Gasteiger partial charge on any atom is -0.368 e. The first-order valence-electron chi connectivity index (χ1n) is 4.94. The second-order valence-electron chi connectivity index (χ2n) is 3.52. The molecule has 2 heteroatoms. The van der Waals surface area contributed by atoms with Gasteiger partial charge in [0.2, 0.25) is 0 Å². The SMILES string of the molecule is C=C.C=C.CC(C)C1CC(C)C(O)O1. The summed E-state index contributed by atoms with van der Waals surface area (Å²) in [7, 11) is 0. The van der Waals surface area contributed by atoms with Crippen LogP contribution in [0.2, 0.25) is 0 Å². The zero-order valence-electron chi connectivity index (χ0n) is 9.70. The fourth-order valence-electron chi connectivity index (χ4n) is 1.28. The monoisotopic (exact) mass is 200 g/mol. The molecule has 2 nitrogen and oxygen atoms in total. The second kappa shape index (κ2) is 8.97. The van der Waals surface area contributed by atoms with Gasteiger partial charge in [0.15, 0.2) is 6.29 Å². The fourth-order valence-corrected chi connectivity index (χ4v) is 1.28. The van der Waals surface area contributed by atoms with Gasteiger partial charge in [-0.05, 0) is 12.3 Å². The first-order chi connectivity index (χ1) is 6.61. The van der Waals surface area contributed by atoms with Crippen LogP contribution in [-0.4, -0.2) is 17.5 Å². The van der Waals surface area contributed by atoms with Gasteiger partial charge in [-0.15, -0.1) is 26.3 Å². The molecule has 1 rings (SSSR count). The first-order valence-corrected chi connectivity index (χ1v) is 4.94. The molecule has 1 N–H and O–H groups in total. The Morgan fingerprint density at radius 3 is 1.79 bits per heavy atom. The van der Waals surface area contributed by atoms with E-state index in [4.69, 9.17) is 4.74 Å². The van der Waals surface area contributed by atoms with E-state index in [1.165, 1.54) is 0 Å². The Hall–Kier alpha value is -0.600. The largest absolute Gasteiger partial charge is 0.368 e. The molecule has 0 bridgehead atoms. The lowest BCUT2D eigenvalue weighted by atomic mass is 9.99. The highest BCUT2D eigenvalue weighted by Gasteiger charge is 2.31. The molecule has 0 aromatic heterocycles. The van der Waals surface area contributed by atoms with Crippen LogP contribution in [0.5, 0.6) is 0 Å². The lowest BCUT2D eigenvalue weighted by Gasteiger charge is -2.13. The number of aliphatic hydroxyl groups is 1. The second-order valence-corrected chi connectivity index (χ2v) is 3.52. The molecule has 0 radical (unpaired) electrons. The molecule has 0 amide bonds. The summed E-state index contributed by atoms with van der Waals surface area (Å²) in [4.78, 5) is 0. The number of hydrogen-bond donors (Lipinski definition) is 1.